The monoisotopic (exact) mass is 434 g/mol. The maximum absolute atomic E-state index is 11.9. The molecule has 0 atom stereocenters. The average Bonchev–Trinajstić information content (AvgIpc) is 3.22. The molecule has 2 N–H and O–H groups in total. The zero-order chi connectivity index (χ0) is 22.9. The molecule has 0 radical (unpaired) electrons. The van der Waals surface area contributed by atoms with Crippen molar-refractivity contribution in [2.75, 3.05) is 13.7 Å². The molecule has 2 aromatic heterocycles. The van der Waals surface area contributed by atoms with Gasteiger partial charge in [-0.25, -0.2) is 0 Å². The number of ether oxygens (including phenoxy) is 2. The number of hydrogen-bond donors (Lipinski definition) is 1. The van der Waals surface area contributed by atoms with E-state index in [1.807, 2.05) is 30.3 Å². The lowest BCUT2D eigenvalue weighted by Crippen LogP contribution is -2.12. The Morgan fingerprint density at radius 1 is 1.19 bits per heavy atom. The smallest absolute Gasteiger partial charge is 0.204 e. The van der Waals surface area contributed by atoms with Crippen LogP contribution in [0.1, 0.15) is 28.8 Å². The van der Waals surface area contributed by atoms with Gasteiger partial charge in [0.2, 0.25) is 11.7 Å². The van der Waals surface area contributed by atoms with Crippen molar-refractivity contribution in [1.29, 1.82) is 0 Å². The molecule has 0 amide bonds. The van der Waals surface area contributed by atoms with E-state index in [9.17, 15) is 9.59 Å². The van der Waals surface area contributed by atoms with Gasteiger partial charge in [0.1, 0.15) is 13.2 Å². The molecule has 0 unspecified atom stereocenters. The van der Waals surface area contributed by atoms with Crippen molar-refractivity contribution in [1.82, 2.24) is 19.9 Å². The van der Waals surface area contributed by atoms with Gasteiger partial charge in [-0.05, 0) is 12.1 Å². The minimum Gasteiger partial charge on any atom is -0.473 e. The zero-order valence-corrected chi connectivity index (χ0v) is 17.6. The molecular formula is C22H22N6O4. The highest BCUT2D eigenvalue weighted by molar-refractivity contribution is 5.96. The minimum absolute atomic E-state index is 0.0874. The summed E-state index contributed by atoms with van der Waals surface area (Å²) in [5.41, 5.74) is 8.05. The van der Waals surface area contributed by atoms with Gasteiger partial charge < -0.3 is 15.2 Å². The van der Waals surface area contributed by atoms with Crippen molar-refractivity contribution in [3.63, 3.8) is 0 Å². The summed E-state index contributed by atoms with van der Waals surface area (Å²) in [5.74, 6) is 0.584. The summed E-state index contributed by atoms with van der Waals surface area (Å²) in [6, 6.07) is 12.6. The molecule has 3 rings (SSSR count). The van der Waals surface area contributed by atoms with E-state index in [-0.39, 0.29) is 30.5 Å². The predicted molar refractivity (Wildman–Crippen MR) is 117 cm³/mol. The van der Waals surface area contributed by atoms with Crippen LogP contribution in [0.15, 0.2) is 59.8 Å². The molecule has 1 aromatic carbocycles. The van der Waals surface area contributed by atoms with Crippen LogP contribution in [0.25, 0.3) is 17.1 Å². The summed E-state index contributed by atoms with van der Waals surface area (Å²) in [7, 11) is 1.42. The number of rotatable bonds is 9. The van der Waals surface area contributed by atoms with Crippen molar-refractivity contribution in [2.45, 2.75) is 13.5 Å². The van der Waals surface area contributed by atoms with Crippen LogP contribution in [0.5, 0.6) is 0 Å². The van der Waals surface area contributed by atoms with E-state index in [0.29, 0.717) is 23.0 Å². The normalized spacial score (nSPS) is 11.9. The molecule has 0 fully saturated rings. The van der Waals surface area contributed by atoms with Crippen LogP contribution in [-0.4, -0.2) is 51.5 Å². The first-order valence-corrected chi connectivity index (χ1v) is 9.60. The first kappa shape index (κ1) is 22.5. The van der Waals surface area contributed by atoms with Crippen LogP contribution in [0.3, 0.4) is 0 Å². The van der Waals surface area contributed by atoms with Gasteiger partial charge in [-0.3, -0.25) is 14.6 Å². The van der Waals surface area contributed by atoms with E-state index in [2.05, 4.69) is 20.3 Å². The molecule has 0 saturated heterocycles. The van der Waals surface area contributed by atoms with Crippen molar-refractivity contribution in [2.24, 2.45) is 10.8 Å². The summed E-state index contributed by atoms with van der Waals surface area (Å²) in [4.78, 5) is 26.8. The number of carbonyl (C=O) groups is 2. The summed E-state index contributed by atoms with van der Waals surface area (Å²) < 4.78 is 11.9. The van der Waals surface area contributed by atoms with Gasteiger partial charge in [-0.2, -0.15) is 4.68 Å². The molecule has 0 aliphatic carbocycles. The van der Waals surface area contributed by atoms with Crippen LogP contribution in [0, 0.1) is 0 Å². The van der Waals surface area contributed by atoms with Crippen LogP contribution >= 0.6 is 0 Å². The van der Waals surface area contributed by atoms with Gasteiger partial charge in [0.15, 0.2) is 17.9 Å². The molecule has 164 valence electrons. The summed E-state index contributed by atoms with van der Waals surface area (Å²) in [6.45, 7) is 1.69. The SMILES string of the molecule is COCC(=O)C=C(N)c1nnc(-c2ccccc2)n1/N=C(\C)OCc1ccc(C=O)cn1. The number of aromatic nitrogens is 4. The number of nitrogens with zero attached hydrogens (tertiary/aromatic N) is 5. The highest BCUT2D eigenvalue weighted by Crippen LogP contribution is 2.20. The fraction of sp³-hybridized carbons (Fsp3) is 0.182. The topological polar surface area (TPSA) is 135 Å². The number of benzene rings is 1. The zero-order valence-electron chi connectivity index (χ0n) is 17.6. The molecule has 0 saturated carbocycles. The molecule has 3 aromatic rings. The Balaban J connectivity index is 1.91. The molecule has 10 nitrogen and oxygen atoms in total. The third-order valence-electron chi connectivity index (χ3n) is 4.19. The van der Waals surface area contributed by atoms with Gasteiger partial charge in [-0.1, -0.05) is 30.3 Å². The lowest BCUT2D eigenvalue weighted by atomic mass is 10.2. The van der Waals surface area contributed by atoms with E-state index >= 15 is 0 Å². The van der Waals surface area contributed by atoms with Gasteiger partial charge in [0, 0.05) is 37.4 Å². The van der Waals surface area contributed by atoms with E-state index < -0.39 is 0 Å². The first-order valence-electron chi connectivity index (χ1n) is 9.60. The highest BCUT2D eigenvalue weighted by Gasteiger charge is 2.17. The van der Waals surface area contributed by atoms with E-state index in [1.54, 1.807) is 19.1 Å². The van der Waals surface area contributed by atoms with Crippen molar-refractivity contribution < 1.29 is 19.1 Å². The number of carbonyl (C=O) groups excluding carboxylic acids is 2. The van der Waals surface area contributed by atoms with Crippen LogP contribution in [0.2, 0.25) is 0 Å². The molecular weight excluding hydrogens is 412 g/mol. The largest absolute Gasteiger partial charge is 0.473 e. The number of ketones is 1. The fourth-order valence-electron chi connectivity index (χ4n) is 2.68. The molecule has 10 heteroatoms. The molecule has 0 aliphatic rings. The number of pyridine rings is 1. The maximum Gasteiger partial charge on any atom is 0.204 e. The van der Waals surface area contributed by atoms with E-state index in [4.69, 9.17) is 15.2 Å². The second kappa shape index (κ2) is 10.7. The first-order chi connectivity index (χ1) is 15.5. The summed E-state index contributed by atoms with van der Waals surface area (Å²) >= 11 is 0. The van der Waals surface area contributed by atoms with Gasteiger partial charge in [0.05, 0.1) is 11.4 Å². The highest BCUT2D eigenvalue weighted by atomic mass is 16.5. The Kier molecular flexibility index (Phi) is 7.55. The second-order valence-corrected chi connectivity index (χ2v) is 6.63. The predicted octanol–water partition coefficient (Wildman–Crippen LogP) is 2.07. The Labute approximate surface area is 184 Å². The Morgan fingerprint density at radius 3 is 2.62 bits per heavy atom. The van der Waals surface area contributed by atoms with E-state index in [0.717, 1.165) is 11.8 Å². The van der Waals surface area contributed by atoms with Crippen molar-refractivity contribution in [3.05, 3.63) is 71.8 Å². The quantitative estimate of drug-likeness (QED) is 0.234. The average molecular weight is 434 g/mol. The number of hydrogen-bond acceptors (Lipinski definition) is 9. The van der Waals surface area contributed by atoms with Gasteiger partial charge >= 0.3 is 0 Å². The molecule has 0 bridgehead atoms. The third kappa shape index (κ3) is 5.70. The lowest BCUT2D eigenvalue weighted by Gasteiger charge is -2.09. The van der Waals surface area contributed by atoms with Crippen LogP contribution in [0.4, 0.5) is 0 Å². The summed E-state index contributed by atoms with van der Waals surface area (Å²) in [6.07, 6.45) is 3.41. The summed E-state index contributed by atoms with van der Waals surface area (Å²) in [5, 5.41) is 12.8. The number of methoxy groups -OCH3 is 1. The minimum atomic E-state index is -0.317. The van der Waals surface area contributed by atoms with E-state index in [1.165, 1.54) is 24.1 Å². The van der Waals surface area contributed by atoms with Gasteiger partial charge in [-0.15, -0.1) is 15.3 Å². The maximum atomic E-state index is 11.9. The molecule has 0 aliphatic heterocycles. The Bertz CT molecular complexity index is 1140. The lowest BCUT2D eigenvalue weighted by molar-refractivity contribution is -0.117. The number of aldehydes is 1. The Hall–Kier alpha value is -4.18. The molecule has 0 spiro atoms. The van der Waals surface area contributed by atoms with Crippen LogP contribution < -0.4 is 5.73 Å². The van der Waals surface area contributed by atoms with Crippen LogP contribution in [-0.2, 0) is 20.9 Å². The third-order valence-corrected chi connectivity index (χ3v) is 4.19. The van der Waals surface area contributed by atoms with Crippen molar-refractivity contribution in [3.8, 4) is 11.4 Å². The number of nitrogens with two attached hydrogens (primary N) is 1. The Morgan fingerprint density at radius 2 is 1.97 bits per heavy atom. The van der Waals surface area contributed by atoms with Gasteiger partial charge in [0.25, 0.3) is 0 Å². The standard InChI is InChI=1S/C22H22N6O4/c1-15(32-13-18-9-8-16(12-29)11-24-18)27-28-21(17-6-4-3-5-7-17)25-26-22(28)20(23)10-19(30)14-31-2/h3-12H,13-14,23H2,1-2H3/b20-10?,27-15+. The fourth-order valence-corrected chi connectivity index (χ4v) is 2.68. The van der Waals surface area contributed by atoms with Crippen molar-refractivity contribution >= 4 is 23.7 Å². The second-order valence-electron chi connectivity index (χ2n) is 6.63. The molecule has 32 heavy (non-hydrogen) atoms. The molecule has 2 heterocycles.